The maximum Gasteiger partial charge on any atom is 0.323 e. The molecule has 5 heteroatoms. The van der Waals surface area contributed by atoms with Crippen molar-refractivity contribution in [2.24, 2.45) is 0 Å². The number of ether oxygens (including phenoxy) is 1. The van der Waals surface area contributed by atoms with Gasteiger partial charge in [0.2, 0.25) is 0 Å². The molecule has 1 aliphatic heterocycles. The number of aliphatic carboxylic acids is 1. The Labute approximate surface area is 125 Å². The van der Waals surface area contributed by atoms with Crippen molar-refractivity contribution in [1.29, 1.82) is 0 Å². The first-order valence-corrected chi connectivity index (χ1v) is 7.46. The lowest BCUT2D eigenvalue weighted by atomic mass is 9.96. The highest BCUT2D eigenvalue weighted by atomic mass is 16.5. The van der Waals surface area contributed by atoms with Gasteiger partial charge >= 0.3 is 5.97 Å². The maximum atomic E-state index is 11.3. The number of likely N-dealkylation sites (N-methyl/N-ethyl adjacent to an activating group) is 1. The molecule has 1 heterocycles. The predicted octanol–water partition coefficient (Wildman–Crippen LogP) is 2.12. The highest BCUT2D eigenvalue weighted by molar-refractivity contribution is 5.78. The minimum atomic E-state index is -0.859. The number of rotatable bonds is 6. The van der Waals surface area contributed by atoms with Gasteiger partial charge in [-0.1, -0.05) is 12.1 Å². The molecule has 0 saturated heterocycles. The second-order valence-electron chi connectivity index (χ2n) is 5.65. The van der Waals surface area contributed by atoms with E-state index in [-0.39, 0.29) is 0 Å². The van der Waals surface area contributed by atoms with Gasteiger partial charge in [0.05, 0.1) is 12.3 Å². The third-order valence-corrected chi connectivity index (χ3v) is 4.16. The van der Waals surface area contributed by atoms with E-state index < -0.39 is 11.5 Å². The molecule has 0 spiro atoms. The van der Waals surface area contributed by atoms with E-state index in [9.17, 15) is 9.90 Å². The molecule has 0 amide bonds. The van der Waals surface area contributed by atoms with E-state index in [1.54, 1.807) is 14.0 Å². The van der Waals surface area contributed by atoms with Crippen molar-refractivity contribution >= 4 is 11.7 Å². The lowest BCUT2D eigenvalue weighted by Crippen LogP contribution is -2.47. The minimum Gasteiger partial charge on any atom is -0.491 e. The Hall–Kier alpha value is -1.75. The standard InChI is InChI=1S/C16H24N2O3/c1-16(17-2,15(19)20)9-5-10-18-11-6-12-21-14-8-4-3-7-13(14)18/h3-4,7-8,17H,5-6,9-12H2,1-2H3,(H,19,20). The van der Waals surface area contributed by atoms with Crippen LogP contribution in [0.4, 0.5) is 5.69 Å². The molecule has 0 fully saturated rings. The van der Waals surface area contributed by atoms with Crippen LogP contribution in [0.2, 0.25) is 0 Å². The average Bonchev–Trinajstić information content (AvgIpc) is 2.69. The van der Waals surface area contributed by atoms with E-state index in [4.69, 9.17) is 4.74 Å². The molecule has 116 valence electrons. The van der Waals surface area contributed by atoms with E-state index in [0.29, 0.717) is 6.42 Å². The first-order chi connectivity index (χ1) is 10.1. The predicted molar refractivity (Wildman–Crippen MR) is 83.1 cm³/mol. The molecular weight excluding hydrogens is 268 g/mol. The minimum absolute atomic E-state index is 0.596. The van der Waals surface area contributed by atoms with Crippen molar-refractivity contribution in [1.82, 2.24) is 5.32 Å². The van der Waals surface area contributed by atoms with Crippen LogP contribution in [0, 0.1) is 0 Å². The van der Waals surface area contributed by atoms with Crippen molar-refractivity contribution in [3.8, 4) is 5.75 Å². The molecule has 0 radical (unpaired) electrons. The fourth-order valence-electron chi connectivity index (χ4n) is 2.59. The molecule has 1 aliphatic rings. The first-order valence-electron chi connectivity index (χ1n) is 7.46. The summed E-state index contributed by atoms with van der Waals surface area (Å²) in [7, 11) is 1.70. The van der Waals surface area contributed by atoms with Crippen LogP contribution in [0.25, 0.3) is 0 Å². The third-order valence-electron chi connectivity index (χ3n) is 4.16. The highest BCUT2D eigenvalue weighted by Gasteiger charge is 2.30. The van der Waals surface area contributed by atoms with Gasteiger partial charge in [-0.15, -0.1) is 0 Å². The van der Waals surface area contributed by atoms with Gasteiger partial charge in [0.15, 0.2) is 0 Å². The number of nitrogens with zero attached hydrogens (tertiary/aromatic N) is 1. The number of fused-ring (bicyclic) bond motifs is 1. The zero-order chi connectivity index (χ0) is 15.3. The molecule has 2 rings (SSSR count). The second kappa shape index (κ2) is 6.80. The number of benzene rings is 1. The number of para-hydroxylation sites is 2. The fraction of sp³-hybridized carbons (Fsp3) is 0.562. The summed E-state index contributed by atoms with van der Waals surface area (Å²) in [6, 6.07) is 8.04. The molecule has 1 aromatic carbocycles. The van der Waals surface area contributed by atoms with Crippen molar-refractivity contribution in [3.63, 3.8) is 0 Å². The van der Waals surface area contributed by atoms with E-state index in [1.165, 1.54) is 0 Å². The molecule has 2 N–H and O–H groups in total. The number of nitrogens with one attached hydrogen (secondary N) is 1. The Balaban J connectivity index is 1.99. The Morgan fingerprint density at radius 3 is 2.95 bits per heavy atom. The number of carboxylic acids is 1. The second-order valence-corrected chi connectivity index (χ2v) is 5.65. The molecule has 21 heavy (non-hydrogen) atoms. The summed E-state index contributed by atoms with van der Waals surface area (Å²) >= 11 is 0. The van der Waals surface area contributed by atoms with Gasteiger partial charge in [-0.25, -0.2) is 0 Å². The molecule has 1 atom stereocenters. The number of carboxylic acid groups (broad SMARTS) is 1. The van der Waals surface area contributed by atoms with Crippen LogP contribution in [0.5, 0.6) is 5.75 Å². The summed E-state index contributed by atoms with van der Waals surface area (Å²) in [6.07, 6.45) is 2.40. The summed E-state index contributed by atoms with van der Waals surface area (Å²) < 4.78 is 5.74. The smallest absolute Gasteiger partial charge is 0.323 e. The largest absolute Gasteiger partial charge is 0.491 e. The van der Waals surface area contributed by atoms with Gasteiger partial charge in [0, 0.05) is 13.1 Å². The van der Waals surface area contributed by atoms with Crippen molar-refractivity contribution in [2.75, 3.05) is 31.6 Å². The lowest BCUT2D eigenvalue weighted by molar-refractivity contribution is -0.144. The number of hydrogen-bond acceptors (Lipinski definition) is 4. The Bertz CT molecular complexity index is 492. The van der Waals surface area contributed by atoms with Crippen molar-refractivity contribution in [3.05, 3.63) is 24.3 Å². The van der Waals surface area contributed by atoms with Crippen molar-refractivity contribution in [2.45, 2.75) is 31.7 Å². The lowest BCUT2D eigenvalue weighted by Gasteiger charge is -2.27. The van der Waals surface area contributed by atoms with Gasteiger partial charge in [-0.3, -0.25) is 4.79 Å². The fourth-order valence-corrected chi connectivity index (χ4v) is 2.59. The number of hydrogen-bond donors (Lipinski definition) is 2. The molecule has 0 aliphatic carbocycles. The van der Waals surface area contributed by atoms with Gasteiger partial charge in [0.25, 0.3) is 0 Å². The van der Waals surface area contributed by atoms with Gasteiger partial charge in [-0.05, 0) is 45.4 Å². The van der Waals surface area contributed by atoms with E-state index in [2.05, 4.69) is 16.3 Å². The number of anilines is 1. The zero-order valence-corrected chi connectivity index (χ0v) is 12.8. The normalized spacial score (nSPS) is 17.3. The highest BCUT2D eigenvalue weighted by Crippen LogP contribution is 2.30. The molecule has 0 bridgehead atoms. The summed E-state index contributed by atoms with van der Waals surface area (Å²) in [6.45, 7) is 4.25. The zero-order valence-electron chi connectivity index (χ0n) is 12.8. The Morgan fingerprint density at radius 1 is 1.48 bits per heavy atom. The van der Waals surface area contributed by atoms with Crippen LogP contribution in [-0.4, -0.2) is 43.4 Å². The van der Waals surface area contributed by atoms with Crippen LogP contribution in [0.1, 0.15) is 26.2 Å². The molecule has 5 nitrogen and oxygen atoms in total. The quantitative estimate of drug-likeness (QED) is 0.841. The first kappa shape index (κ1) is 15.6. The molecule has 0 saturated carbocycles. The average molecular weight is 292 g/mol. The third kappa shape index (κ3) is 3.67. The molecule has 1 aromatic rings. The van der Waals surface area contributed by atoms with Crippen LogP contribution in [-0.2, 0) is 4.79 Å². The Kier molecular flexibility index (Phi) is 5.07. The van der Waals surface area contributed by atoms with E-state index in [1.807, 2.05) is 18.2 Å². The van der Waals surface area contributed by atoms with Crippen molar-refractivity contribution < 1.29 is 14.6 Å². The van der Waals surface area contributed by atoms with Crippen LogP contribution in [0.15, 0.2) is 24.3 Å². The van der Waals surface area contributed by atoms with Gasteiger partial charge in [0.1, 0.15) is 11.3 Å². The van der Waals surface area contributed by atoms with Gasteiger partial charge in [-0.2, -0.15) is 0 Å². The van der Waals surface area contributed by atoms with Crippen LogP contribution >= 0.6 is 0 Å². The summed E-state index contributed by atoms with van der Waals surface area (Å²) in [5.74, 6) is 0.120. The summed E-state index contributed by atoms with van der Waals surface area (Å²) in [5.41, 5.74) is 0.249. The summed E-state index contributed by atoms with van der Waals surface area (Å²) in [4.78, 5) is 13.6. The number of carbonyl (C=O) groups is 1. The van der Waals surface area contributed by atoms with Gasteiger partial charge < -0.3 is 20.1 Å². The summed E-state index contributed by atoms with van der Waals surface area (Å²) in [5, 5.41) is 12.2. The monoisotopic (exact) mass is 292 g/mol. The molecule has 0 aromatic heterocycles. The van der Waals surface area contributed by atoms with Crippen LogP contribution in [0.3, 0.4) is 0 Å². The SMILES string of the molecule is CNC(C)(CCCN1CCCOc2ccccc21)C(=O)O. The topological polar surface area (TPSA) is 61.8 Å². The molecular formula is C16H24N2O3. The van der Waals surface area contributed by atoms with E-state index >= 15 is 0 Å². The molecule has 1 unspecified atom stereocenters. The Morgan fingerprint density at radius 2 is 2.24 bits per heavy atom. The van der Waals surface area contributed by atoms with E-state index in [0.717, 1.165) is 44.0 Å². The maximum absolute atomic E-state index is 11.3. The van der Waals surface area contributed by atoms with Crippen LogP contribution < -0.4 is 15.0 Å².